The molecule has 2 aromatic rings. The van der Waals surface area contributed by atoms with Crippen molar-refractivity contribution in [2.45, 2.75) is 52.5 Å². The summed E-state index contributed by atoms with van der Waals surface area (Å²) in [4.78, 5) is 43.9. The molecule has 42 heavy (non-hydrogen) atoms. The second-order valence-corrected chi connectivity index (χ2v) is 12.0. The molecule has 1 N–H and O–H groups in total. The second kappa shape index (κ2) is 14.0. The van der Waals surface area contributed by atoms with Gasteiger partial charge >= 0.3 is 5.97 Å². The average molecular weight is 612 g/mol. The smallest absolute Gasteiger partial charge is 0.303 e. The topological polar surface area (TPSA) is 110 Å². The molecule has 222 valence electrons. The molecular formula is C30H34FN5O4S2. The van der Waals surface area contributed by atoms with Gasteiger partial charge in [-0.3, -0.25) is 23.9 Å². The van der Waals surface area contributed by atoms with Crippen LogP contribution in [-0.2, 0) is 16.1 Å². The average Bonchev–Trinajstić information content (AvgIpc) is 3.23. The Kier molecular flexibility index (Phi) is 10.4. The van der Waals surface area contributed by atoms with Crippen LogP contribution in [0.15, 0.2) is 34.0 Å². The molecule has 2 saturated heterocycles. The van der Waals surface area contributed by atoms with Gasteiger partial charge in [-0.1, -0.05) is 37.3 Å². The van der Waals surface area contributed by atoms with Gasteiger partial charge in [0.1, 0.15) is 27.6 Å². The first-order chi connectivity index (χ1) is 20.2. The Bertz CT molecular complexity index is 1490. The monoisotopic (exact) mass is 611 g/mol. The van der Waals surface area contributed by atoms with E-state index in [2.05, 4.69) is 15.9 Å². The predicted octanol–water partition coefficient (Wildman–Crippen LogP) is 4.75. The van der Waals surface area contributed by atoms with E-state index in [9.17, 15) is 24.0 Å². The van der Waals surface area contributed by atoms with Crippen LogP contribution in [-0.4, -0.2) is 63.5 Å². The van der Waals surface area contributed by atoms with Crippen molar-refractivity contribution < 1.29 is 19.1 Å². The lowest BCUT2D eigenvalue weighted by Crippen LogP contribution is -2.48. The number of carbonyl (C=O) groups excluding carboxylic acids is 1. The van der Waals surface area contributed by atoms with Crippen molar-refractivity contribution in [2.75, 3.05) is 42.5 Å². The number of carboxylic acid groups (broad SMARTS) is 1. The van der Waals surface area contributed by atoms with Gasteiger partial charge < -0.3 is 14.9 Å². The molecule has 0 atom stereocenters. The highest BCUT2D eigenvalue weighted by molar-refractivity contribution is 8.26. The summed E-state index contributed by atoms with van der Waals surface area (Å²) in [5.41, 5.74) is 1.79. The van der Waals surface area contributed by atoms with Gasteiger partial charge in [0.15, 0.2) is 0 Å². The molecule has 0 bridgehead atoms. The number of hydrogen-bond donors (Lipinski definition) is 1. The SMILES string of the molecule is CCCn1c(N2CCN(c3ccc(F)cc3)CC2)c(/C=C2\SC(=S)N(CCCCCC(=O)O)C2=O)c(C)c(C#N)c1=O. The van der Waals surface area contributed by atoms with Crippen molar-refractivity contribution in [1.29, 1.82) is 5.26 Å². The zero-order valence-corrected chi connectivity index (χ0v) is 25.4. The van der Waals surface area contributed by atoms with Crippen molar-refractivity contribution in [3.63, 3.8) is 0 Å². The number of piperazine rings is 1. The molecule has 3 heterocycles. The molecule has 2 aliphatic heterocycles. The van der Waals surface area contributed by atoms with Gasteiger partial charge in [0.2, 0.25) is 0 Å². The number of nitriles is 1. The fourth-order valence-corrected chi connectivity index (χ4v) is 6.58. The molecule has 1 amide bonds. The Morgan fingerprint density at radius 1 is 1.10 bits per heavy atom. The summed E-state index contributed by atoms with van der Waals surface area (Å²) in [7, 11) is 0. The first-order valence-corrected chi connectivity index (χ1v) is 15.3. The van der Waals surface area contributed by atoms with E-state index in [1.165, 1.54) is 28.8 Å². The Labute approximate surface area is 254 Å². The van der Waals surface area contributed by atoms with Crippen molar-refractivity contribution in [2.24, 2.45) is 0 Å². The number of thiocarbonyl (C=S) groups is 1. The summed E-state index contributed by atoms with van der Waals surface area (Å²) in [5, 5.41) is 18.7. The number of pyridine rings is 1. The van der Waals surface area contributed by atoms with Crippen LogP contribution >= 0.6 is 24.0 Å². The molecule has 9 nitrogen and oxygen atoms in total. The van der Waals surface area contributed by atoms with Crippen LogP contribution in [0, 0.1) is 24.1 Å². The Hall–Kier alpha value is -3.69. The first-order valence-electron chi connectivity index (χ1n) is 14.1. The van der Waals surface area contributed by atoms with Crippen LogP contribution in [0.2, 0.25) is 0 Å². The number of rotatable bonds is 11. The molecule has 0 saturated carbocycles. The van der Waals surface area contributed by atoms with E-state index in [-0.39, 0.29) is 29.3 Å². The summed E-state index contributed by atoms with van der Waals surface area (Å²) in [6.45, 7) is 6.99. The van der Waals surface area contributed by atoms with E-state index < -0.39 is 5.97 Å². The Balaban J connectivity index is 1.66. The number of carbonyl (C=O) groups is 2. The zero-order valence-electron chi connectivity index (χ0n) is 23.8. The number of halogens is 1. The van der Waals surface area contributed by atoms with E-state index in [1.54, 1.807) is 29.7 Å². The van der Waals surface area contributed by atoms with Crippen LogP contribution in [0.3, 0.4) is 0 Å². The molecule has 2 fully saturated rings. The zero-order chi connectivity index (χ0) is 30.4. The predicted molar refractivity (Wildman–Crippen MR) is 167 cm³/mol. The summed E-state index contributed by atoms with van der Waals surface area (Å²) >= 11 is 6.70. The lowest BCUT2D eigenvalue weighted by molar-refractivity contribution is -0.137. The minimum atomic E-state index is -0.840. The largest absolute Gasteiger partial charge is 0.481 e. The molecule has 4 rings (SSSR count). The molecule has 2 aliphatic rings. The summed E-state index contributed by atoms with van der Waals surface area (Å²) < 4.78 is 15.5. The summed E-state index contributed by atoms with van der Waals surface area (Å²) in [6.07, 6.45) is 4.37. The van der Waals surface area contributed by atoms with Gasteiger partial charge in [-0.15, -0.1) is 0 Å². The molecule has 0 aliphatic carbocycles. The van der Waals surface area contributed by atoms with E-state index in [1.807, 2.05) is 6.92 Å². The van der Waals surface area contributed by atoms with Gasteiger partial charge in [0.25, 0.3) is 11.5 Å². The fourth-order valence-electron chi connectivity index (χ4n) is 5.29. The first kappa shape index (κ1) is 31.3. The third-order valence-corrected chi connectivity index (χ3v) is 8.86. The van der Waals surface area contributed by atoms with Crippen molar-refractivity contribution in [3.05, 3.63) is 62.0 Å². The third-order valence-electron chi connectivity index (χ3n) is 7.49. The van der Waals surface area contributed by atoms with E-state index in [0.29, 0.717) is 91.1 Å². The molecule has 0 spiro atoms. The van der Waals surface area contributed by atoms with Crippen molar-refractivity contribution >= 4 is 57.8 Å². The molecule has 1 aromatic heterocycles. The van der Waals surface area contributed by atoms with Crippen molar-refractivity contribution in [1.82, 2.24) is 9.47 Å². The quantitative estimate of drug-likeness (QED) is 0.219. The standard InChI is InChI=1S/C30H34FN5O4S2/c1-3-12-35-27(34-16-14-33(15-17-34)22-10-8-21(31)9-11-22)23(20(2)24(19-32)28(35)39)18-25-29(40)36(30(41)42-25)13-6-4-5-7-26(37)38/h8-11,18H,3-7,12-17H2,1-2H3,(H,37,38)/b25-18-. The van der Waals surface area contributed by atoms with E-state index in [4.69, 9.17) is 17.3 Å². The van der Waals surface area contributed by atoms with Gasteiger partial charge in [-0.25, -0.2) is 4.39 Å². The minimum absolute atomic E-state index is 0.0531. The number of carboxylic acids is 1. The molecule has 12 heteroatoms. The number of anilines is 2. The second-order valence-electron chi connectivity index (χ2n) is 10.3. The van der Waals surface area contributed by atoms with Gasteiger partial charge in [0.05, 0.1) is 4.91 Å². The highest BCUT2D eigenvalue weighted by Gasteiger charge is 2.33. The van der Waals surface area contributed by atoms with E-state index >= 15 is 0 Å². The van der Waals surface area contributed by atoms with Crippen LogP contribution in [0.5, 0.6) is 0 Å². The third kappa shape index (κ3) is 6.85. The minimum Gasteiger partial charge on any atom is -0.481 e. The summed E-state index contributed by atoms with van der Waals surface area (Å²) in [5.74, 6) is -0.687. The number of benzene rings is 1. The normalized spacial score (nSPS) is 16.4. The maximum atomic E-state index is 13.5. The van der Waals surface area contributed by atoms with Crippen molar-refractivity contribution in [3.8, 4) is 6.07 Å². The van der Waals surface area contributed by atoms with Crippen LogP contribution in [0.4, 0.5) is 15.9 Å². The molecular weight excluding hydrogens is 577 g/mol. The van der Waals surface area contributed by atoms with Gasteiger partial charge in [0, 0.05) is 56.9 Å². The number of hydrogen-bond acceptors (Lipinski definition) is 8. The highest BCUT2D eigenvalue weighted by Crippen LogP contribution is 2.36. The van der Waals surface area contributed by atoms with E-state index in [0.717, 1.165) is 5.69 Å². The molecule has 0 radical (unpaired) electrons. The number of thioether (sulfide) groups is 1. The highest BCUT2D eigenvalue weighted by atomic mass is 32.2. The Morgan fingerprint density at radius 2 is 1.76 bits per heavy atom. The Morgan fingerprint density at radius 3 is 2.38 bits per heavy atom. The molecule has 0 unspecified atom stereocenters. The fraction of sp³-hybridized carbons (Fsp3) is 0.433. The number of amides is 1. The molecule has 1 aromatic carbocycles. The maximum absolute atomic E-state index is 13.5. The lowest BCUT2D eigenvalue weighted by atomic mass is 10.0. The number of nitrogens with zero attached hydrogens (tertiary/aromatic N) is 5. The van der Waals surface area contributed by atoms with Crippen LogP contribution in [0.25, 0.3) is 6.08 Å². The number of aromatic nitrogens is 1. The lowest BCUT2D eigenvalue weighted by Gasteiger charge is -2.39. The number of aliphatic carboxylic acids is 1. The van der Waals surface area contributed by atoms with Gasteiger partial charge in [-0.2, -0.15) is 5.26 Å². The van der Waals surface area contributed by atoms with Crippen LogP contribution < -0.4 is 15.4 Å². The van der Waals surface area contributed by atoms with Crippen LogP contribution in [0.1, 0.15) is 55.7 Å². The summed E-state index contributed by atoms with van der Waals surface area (Å²) in [6, 6.07) is 8.46. The maximum Gasteiger partial charge on any atom is 0.303 e. The van der Waals surface area contributed by atoms with Gasteiger partial charge in [-0.05, 0) is 62.1 Å². The number of unbranched alkanes of at least 4 members (excludes halogenated alkanes) is 2.